The van der Waals surface area contributed by atoms with Crippen LogP contribution in [0.3, 0.4) is 0 Å². The first-order valence-corrected chi connectivity index (χ1v) is 11.1. The van der Waals surface area contributed by atoms with E-state index in [2.05, 4.69) is 38.4 Å². The minimum Gasteiger partial charge on any atom is -0.507 e. The topological polar surface area (TPSA) is 94.0 Å². The molecule has 0 aliphatic rings. The number of aromatic hydroxyl groups is 1. The second kappa shape index (κ2) is 11.3. The summed E-state index contributed by atoms with van der Waals surface area (Å²) in [5, 5.41) is 16.5. The van der Waals surface area contributed by atoms with E-state index in [9.17, 15) is 14.7 Å². The number of carbonyl (C=O) groups is 2. The number of carbonyl (C=O) groups excluding carboxylic acids is 2. The molecule has 0 bridgehead atoms. The molecule has 0 spiro atoms. The normalized spacial score (nSPS) is 11.3. The van der Waals surface area contributed by atoms with E-state index in [1.807, 2.05) is 43.3 Å². The van der Waals surface area contributed by atoms with Gasteiger partial charge >= 0.3 is 0 Å². The number of hydrogen-bond acceptors (Lipinski definition) is 5. The summed E-state index contributed by atoms with van der Waals surface area (Å²) in [4.78, 5) is 27.5. The van der Waals surface area contributed by atoms with Crippen molar-refractivity contribution in [3.8, 4) is 5.75 Å². The van der Waals surface area contributed by atoms with Crippen LogP contribution in [-0.2, 0) is 4.79 Å². The van der Waals surface area contributed by atoms with Crippen LogP contribution in [-0.4, -0.2) is 37.2 Å². The molecule has 0 radical (unpaired) electrons. The highest BCUT2D eigenvalue weighted by Crippen LogP contribution is 2.18. The molecule has 0 atom stereocenters. The van der Waals surface area contributed by atoms with E-state index in [4.69, 9.17) is 0 Å². The molecule has 0 aliphatic carbocycles. The Hall–Kier alpha value is -3.66. The van der Waals surface area contributed by atoms with Crippen molar-refractivity contribution >= 4 is 52.4 Å². The first-order valence-electron chi connectivity index (χ1n) is 10.0. The number of rotatable bonds is 7. The number of benzene rings is 3. The van der Waals surface area contributed by atoms with Gasteiger partial charge in [-0.15, -0.1) is 0 Å². The molecule has 3 rings (SSSR count). The molecule has 0 fully saturated rings. The fraction of sp³-hybridized carbons (Fsp3) is 0.0800. The summed E-state index contributed by atoms with van der Waals surface area (Å²) < 4.78 is 0.912. The summed E-state index contributed by atoms with van der Waals surface area (Å²) in [6.45, 7) is 0. The lowest BCUT2D eigenvalue weighted by Gasteiger charge is -2.12. The first-order chi connectivity index (χ1) is 15.8. The minimum absolute atomic E-state index is 0.0328. The highest BCUT2D eigenvalue weighted by atomic mass is 127. The third kappa shape index (κ3) is 6.91. The molecule has 168 valence electrons. The molecule has 0 saturated carbocycles. The summed E-state index contributed by atoms with van der Waals surface area (Å²) in [6.07, 6.45) is 2.92. The molecule has 2 amide bonds. The van der Waals surface area contributed by atoms with Crippen LogP contribution in [0.25, 0.3) is 6.08 Å². The lowest BCUT2D eigenvalue weighted by Crippen LogP contribution is -2.32. The van der Waals surface area contributed by atoms with Crippen molar-refractivity contribution < 1.29 is 14.7 Å². The van der Waals surface area contributed by atoms with E-state index in [-0.39, 0.29) is 11.4 Å². The molecule has 33 heavy (non-hydrogen) atoms. The number of hydrazone groups is 1. The van der Waals surface area contributed by atoms with E-state index >= 15 is 0 Å². The summed E-state index contributed by atoms with van der Waals surface area (Å²) in [7, 11) is 3.88. The molecule has 0 unspecified atom stereocenters. The van der Waals surface area contributed by atoms with Gasteiger partial charge in [0, 0.05) is 34.5 Å². The Balaban J connectivity index is 1.83. The fourth-order valence-electron chi connectivity index (χ4n) is 2.83. The molecule has 0 aliphatic heterocycles. The SMILES string of the molecule is CN(C)c1ccc(C=C(NC(=O)c2ccccc2)C(=O)NN=Cc2cc(I)ccc2O)cc1. The highest BCUT2D eigenvalue weighted by Gasteiger charge is 2.14. The van der Waals surface area contributed by atoms with Crippen molar-refractivity contribution in [2.24, 2.45) is 5.10 Å². The summed E-state index contributed by atoms with van der Waals surface area (Å²) >= 11 is 2.12. The molecule has 0 aromatic heterocycles. The summed E-state index contributed by atoms with van der Waals surface area (Å²) in [6, 6.07) is 21.2. The average molecular weight is 554 g/mol. The first kappa shape index (κ1) is 24.0. The predicted molar refractivity (Wildman–Crippen MR) is 139 cm³/mol. The maximum atomic E-state index is 12.9. The third-order valence-corrected chi connectivity index (χ3v) is 5.28. The van der Waals surface area contributed by atoms with Crippen LogP contribution in [0, 0.1) is 3.57 Å². The lowest BCUT2D eigenvalue weighted by molar-refractivity contribution is -0.117. The van der Waals surface area contributed by atoms with Crippen LogP contribution in [0.4, 0.5) is 5.69 Å². The number of phenolic OH excluding ortho intramolecular Hbond substituents is 1. The molecule has 3 aromatic carbocycles. The van der Waals surface area contributed by atoms with E-state index in [1.54, 1.807) is 54.6 Å². The average Bonchev–Trinajstić information content (AvgIpc) is 2.81. The van der Waals surface area contributed by atoms with Gasteiger partial charge in [-0.05, 0) is 76.7 Å². The van der Waals surface area contributed by atoms with Crippen molar-refractivity contribution in [1.29, 1.82) is 0 Å². The van der Waals surface area contributed by atoms with Crippen molar-refractivity contribution in [3.05, 3.63) is 98.8 Å². The molecule has 3 N–H and O–H groups in total. The van der Waals surface area contributed by atoms with Crippen molar-refractivity contribution in [2.75, 3.05) is 19.0 Å². The van der Waals surface area contributed by atoms with Gasteiger partial charge in [-0.3, -0.25) is 9.59 Å². The van der Waals surface area contributed by atoms with Gasteiger partial charge in [-0.25, -0.2) is 5.43 Å². The van der Waals surface area contributed by atoms with Gasteiger partial charge in [0.05, 0.1) is 6.21 Å². The second-order valence-electron chi connectivity index (χ2n) is 7.27. The van der Waals surface area contributed by atoms with Gasteiger partial charge in [0.25, 0.3) is 11.8 Å². The zero-order chi connectivity index (χ0) is 23.8. The fourth-order valence-corrected chi connectivity index (χ4v) is 3.34. The van der Waals surface area contributed by atoms with Crippen molar-refractivity contribution in [1.82, 2.24) is 10.7 Å². The minimum atomic E-state index is -0.600. The standard InChI is InChI=1S/C25H23IN4O3/c1-30(2)21-11-8-17(9-12-21)14-22(28-24(32)18-6-4-3-5-7-18)25(33)29-27-16-19-15-20(26)10-13-23(19)31/h3-16,31H,1-2H3,(H,28,32)(H,29,33). The Morgan fingerprint density at radius 1 is 1.00 bits per heavy atom. The number of nitrogens with one attached hydrogen (secondary N) is 2. The Morgan fingerprint density at radius 3 is 2.36 bits per heavy atom. The number of anilines is 1. The van der Waals surface area contributed by atoms with Crippen molar-refractivity contribution in [3.63, 3.8) is 0 Å². The van der Waals surface area contributed by atoms with Crippen LogP contribution in [0.5, 0.6) is 5.75 Å². The lowest BCUT2D eigenvalue weighted by atomic mass is 10.1. The van der Waals surface area contributed by atoms with Crippen LogP contribution >= 0.6 is 22.6 Å². The summed E-state index contributed by atoms with van der Waals surface area (Å²) in [5.41, 5.74) is 5.07. The smallest absolute Gasteiger partial charge is 0.287 e. The predicted octanol–water partition coefficient (Wildman–Crippen LogP) is 3.98. The molecule has 3 aromatic rings. The van der Waals surface area contributed by atoms with Crippen LogP contribution in [0.15, 0.2) is 83.6 Å². The Kier molecular flexibility index (Phi) is 8.20. The highest BCUT2D eigenvalue weighted by molar-refractivity contribution is 14.1. The zero-order valence-corrected chi connectivity index (χ0v) is 20.3. The second-order valence-corrected chi connectivity index (χ2v) is 8.51. The van der Waals surface area contributed by atoms with Crippen LogP contribution in [0.1, 0.15) is 21.5 Å². The maximum absolute atomic E-state index is 12.9. The quantitative estimate of drug-likeness (QED) is 0.178. The Labute approximate surface area is 206 Å². The van der Waals surface area contributed by atoms with Gasteiger partial charge in [-0.1, -0.05) is 30.3 Å². The number of amides is 2. The molecule has 7 nitrogen and oxygen atoms in total. The largest absolute Gasteiger partial charge is 0.507 e. The number of hydrogen-bond donors (Lipinski definition) is 3. The van der Waals surface area contributed by atoms with Crippen molar-refractivity contribution in [2.45, 2.75) is 0 Å². The van der Waals surface area contributed by atoms with Crippen LogP contribution < -0.4 is 15.6 Å². The van der Waals surface area contributed by atoms with Gasteiger partial charge < -0.3 is 15.3 Å². The number of phenols is 1. The van der Waals surface area contributed by atoms with Crippen LogP contribution in [0.2, 0.25) is 0 Å². The zero-order valence-electron chi connectivity index (χ0n) is 18.1. The van der Waals surface area contributed by atoms with E-state index in [0.29, 0.717) is 11.1 Å². The molecule has 0 heterocycles. The van der Waals surface area contributed by atoms with Gasteiger partial charge in [0.1, 0.15) is 11.4 Å². The van der Waals surface area contributed by atoms with Gasteiger partial charge in [0.2, 0.25) is 0 Å². The Morgan fingerprint density at radius 2 is 1.70 bits per heavy atom. The molecule has 8 heteroatoms. The molecule has 0 saturated heterocycles. The monoisotopic (exact) mass is 554 g/mol. The maximum Gasteiger partial charge on any atom is 0.287 e. The number of nitrogens with zero attached hydrogens (tertiary/aromatic N) is 2. The van der Waals surface area contributed by atoms with E-state index in [1.165, 1.54) is 6.21 Å². The van der Waals surface area contributed by atoms with E-state index in [0.717, 1.165) is 14.8 Å². The molecular formula is C25H23IN4O3. The molecular weight excluding hydrogens is 531 g/mol. The van der Waals surface area contributed by atoms with E-state index < -0.39 is 11.8 Å². The Bertz CT molecular complexity index is 1190. The van der Waals surface area contributed by atoms with Gasteiger partial charge in [-0.2, -0.15) is 5.10 Å². The third-order valence-electron chi connectivity index (χ3n) is 4.61. The van der Waals surface area contributed by atoms with Gasteiger partial charge in [0.15, 0.2) is 0 Å². The number of halogens is 1. The summed E-state index contributed by atoms with van der Waals surface area (Å²) in [5.74, 6) is -0.971.